The third-order valence-corrected chi connectivity index (χ3v) is 2.86. The van der Waals surface area contributed by atoms with Crippen molar-refractivity contribution in [1.82, 2.24) is 0 Å². The fraction of sp³-hybridized carbons (Fsp3) is 0.538. The van der Waals surface area contributed by atoms with Crippen LogP contribution in [0.2, 0.25) is 0 Å². The lowest BCUT2D eigenvalue weighted by Gasteiger charge is -2.11. The van der Waals surface area contributed by atoms with Crippen molar-refractivity contribution in [2.24, 2.45) is 0 Å². The second-order valence-electron chi connectivity index (χ2n) is 4.47. The minimum absolute atomic E-state index is 0.249. The van der Waals surface area contributed by atoms with E-state index in [2.05, 4.69) is 12.2 Å². The monoisotopic (exact) mass is 290 g/mol. The summed E-state index contributed by atoms with van der Waals surface area (Å²) >= 11 is 0. The lowest BCUT2D eigenvalue weighted by Crippen LogP contribution is -2.10. The van der Waals surface area contributed by atoms with Gasteiger partial charge in [0, 0.05) is 18.3 Å². The molecule has 0 heterocycles. The third kappa shape index (κ3) is 4.71. The first-order valence-corrected chi connectivity index (χ1v) is 6.45. The Morgan fingerprint density at radius 1 is 1.25 bits per heavy atom. The number of nitro groups is 1. The summed E-state index contributed by atoms with van der Waals surface area (Å²) in [4.78, 5) is 9.58. The molecule has 0 aliphatic carbocycles. The van der Waals surface area contributed by atoms with Gasteiger partial charge >= 0.3 is 6.18 Å². The lowest BCUT2D eigenvalue weighted by molar-refractivity contribution is -0.388. The molecule has 1 rings (SSSR count). The highest BCUT2D eigenvalue weighted by atomic mass is 19.4. The number of alkyl halides is 3. The Labute approximate surface area is 115 Å². The zero-order valence-electron chi connectivity index (χ0n) is 11.2. The summed E-state index contributed by atoms with van der Waals surface area (Å²) in [6, 6.07) is 2.97. The average Bonchev–Trinajstić information content (AvgIpc) is 2.37. The molecule has 20 heavy (non-hydrogen) atoms. The number of anilines is 1. The van der Waals surface area contributed by atoms with Gasteiger partial charge in [-0.3, -0.25) is 10.1 Å². The van der Waals surface area contributed by atoms with Crippen molar-refractivity contribution in [3.8, 4) is 0 Å². The number of nitro benzene ring substituents is 1. The largest absolute Gasteiger partial charge is 0.423 e. The average molecular weight is 290 g/mol. The minimum Gasteiger partial charge on any atom is -0.385 e. The third-order valence-electron chi connectivity index (χ3n) is 2.86. The molecule has 1 aromatic carbocycles. The van der Waals surface area contributed by atoms with Crippen LogP contribution in [-0.2, 0) is 6.18 Å². The Kier molecular flexibility index (Phi) is 5.79. The Morgan fingerprint density at radius 2 is 1.95 bits per heavy atom. The van der Waals surface area contributed by atoms with Gasteiger partial charge < -0.3 is 5.32 Å². The fourth-order valence-electron chi connectivity index (χ4n) is 1.82. The van der Waals surface area contributed by atoms with E-state index in [1.807, 2.05) is 0 Å². The number of unbranched alkanes of at least 4 members (excludes halogenated alkanes) is 3. The topological polar surface area (TPSA) is 55.2 Å². The normalized spacial score (nSPS) is 11.4. The van der Waals surface area contributed by atoms with Gasteiger partial charge in [0.2, 0.25) is 0 Å². The molecule has 0 unspecified atom stereocenters. The van der Waals surface area contributed by atoms with Gasteiger partial charge in [0.05, 0.1) is 4.92 Å². The van der Waals surface area contributed by atoms with Crippen LogP contribution in [0.1, 0.15) is 38.2 Å². The Balaban J connectivity index is 2.77. The van der Waals surface area contributed by atoms with E-state index in [1.54, 1.807) is 0 Å². The van der Waals surface area contributed by atoms with E-state index in [0.717, 1.165) is 37.8 Å². The van der Waals surface area contributed by atoms with E-state index in [-0.39, 0.29) is 5.69 Å². The van der Waals surface area contributed by atoms with Gasteiger partial charge in [0.15, 0.2) is 0 Å². The molecule has 0 atom stereocenters. The van der Waals surface area contributed by atoms with Gasteiger partial charge in [-0.2, -0.15) is 13.2 Å². The van der Waals surface area contributed by atoms with Crippen molar-refractivity contribution >= 4 is 11.4 Å². The molecule has 4 nitrogen and oxygen atoms in total. The first-order chi connectivity index (χ1) is 9.36. The summed E-state index contributed by atoms with van der Waals surface area (Å²) < 4.78 is 38.2. The van der Waals surface area contributed by atoms with Crippen LogP contribution in [0.4, 0.5) is 24.5 Å². The van der Waals surface area contributed by atoms with E-state index in [0.29, 0.717) is 6.54 Å². The van der Waals surface area contributed by atoms with Gasteiger partial charge in [0.1, 0.15) is 5.56 Å². The van der Waals surface area contributed by atoms with Crippen LogP contribution in [0.15, 0.2) is 18.2 Å². The number of rotatable bonds is 7. The quantitative estimate of drug-likeness (QED) is 0.453. The smallest absolute Gasteiger partial charge is 0.385 e. The van der Waals surface area contributed by atoms with Crippen molar-refractivity contribution in [1.29, 1.82) is 0 Å². The Hall–Kier alpha value is -1.79. The van der Waals surface area contributed by atoms with Gasteiger partial charge in [-0.1, -0.05) is 26.2 Å². The van der Waals surface area contributed by atoms with Crippen molar-refractivity contribution in [2.75, 3.05) is 11.9 Å². The van der Waals surface area contributed by atoms with Gasteiger partial charge in [-0.15, -0.1) is 0 Å². The fourth-order valence-corrected chi connectivity index (χ4v) is 1.82. The number of halogens is 3. The van der Waals surface area contributed by atoms with Crippen LogP contribution >= 0.6 is 0 Å². The highest BCUT2D eigenvalue weighted by molar-refractivity contribution is 5.55. The standard InChI is InChI=1S/C13H17F3N2O2/c1-2-3-4-5-8-17-10-6-7-12(18(19)20)11(9-10)13(14,15)16/h6-7,9,17H,2-5,8H2,1H3. The van der Waals surface area contributed by atoms with Crippen LogP contribution in [0.3, 0.4) is 0 Å². The van der Waals surface area contributed by atoms with Crippen LogP contribution in [0.5, 0.6) is 0 Å². The van der Waals surface area contributed by atoms with Crippen molar-refractivity contribution in [3.05, 3.63) is 33.9 Å². The van der Waals surface area contributed by atoms with Crippen LogP contribution < -0.4 is 5.32 Å². The zero-order valence-corrected chi connectivity index (χ0v) is 11.2. The van der Waals surface area contributed by atoms with E-state index in [4.69, 9.17) is 0 Å². The first-order valence-electron chi connectivity index (χ1n) is 6.45. The number of nitrogens with zero attached hydrogens (tertiary/aromatic N) is 1. The maximum Gasteiger partial charge on any atom is 0.423 e. The number of hydrogen-bond donors (Lipinski definition) is 1. The predicted molar refractivity (Wildman–Crippen MR) is 70.7 cm³/mol. The maximum atomic E-state index is 12.7. The van der Waals surface area contributed by atoms with Crippen molar-refractivity contribution in [3.63, 3.8) is 0 Å². The van der Waals surface area contributed by atoms with Crippen LogP contribution in [0, 0.1) is 10.1 Å². The molecule has 1 aromatic rings. The molecule has 0 radical (unpaired) electrons. The molecule has 7 heteroatoms. The van der Waals surface area contributed by atoms with E-state index in [9.17, 15) is 23.3 Å². The molecule has 0 aromatic heterocycles. The summed E-state index contributed by atoms with van der Waals surface area (Å²) in [5.41, 5.74) is -1.89. The summed E-state index contributed by atoms with van der Waals surface area (Å²) in [7, 11) is 0. The van der Waals surface area contributed by atoms with E-state index in [1.165, 1.54) is 6.07 Å². The summed E-state index contributed by atoms with van der Waals surface area (Å²) in [5.74, 6) is 0. The highest BCUT2D eigenvalue weighted by Crippen LogP contribution is 2.37. The first kappa shape index (κ1) is 16.3. The molecular formula is C13H17F3N2O2. The molecule has 1 N–H and O–H groups in total. The molecule has 0 amide bonds. The molecule has 0 spiro atoms. The molecule has 0 saturated heterocycles. The number of nitrogens with one attached hydrogen (secondary N) is 1. The Morgan fingerprint density at radius 3 is 2.50 bits per heavy atom. The van der Waals surface area contributed by atoms with E-state index < -0.39 is 22.4 Å². The zero-order chi connectivity index (χ0) is 15.2. The molecule has 0 bridgehead atoms. The predicted octanol–water partition coefficient (Wildman–Crippen LogP) is 4.61. The molecule has 0 aliphatic rings. The molecule has 0 aliphatic heterocycles. The molecule has 0 saturated carbocycles. The summed E-state index contributed by atoms with van der Waals surface area (Å²) in [6.07, 6.45) is -0.720. The second kappa shape index (κ2) is 7.12. The SMILES string of the molecule is CCCCCCNc1ccc([N+](=O)[O-])c(C(F)(F)F)c1. The second-order valence-corrected chi connectivity index (χ2v) is 4.47. The summed E-state index contributed by atoms with van der Waals surface area (Å²) in [6.45, 7) is 2.62. The molecule has 0 fully saturated rings. The highest BCUT2D eigenvalue weighted by Gasteiger charge is 2.38. The van der Waals surface area contributed by atoms with Crippen molar-refractivity contribution < 1.29 is 18.1 Å². The van der Waals surface area contributed by atoms with Gasteiger partial charge in [-0.05, 0) is 18.6 Å². The van der Waals surface area contributed by atoms with Crippen LogP contribution in [-0.4, -0.2) is 11.5 Å². The summed E-state index contributed by atoms with van der Waals surface area (Å²) in [5, 5.41) is 13.5. The number of hydrogen-bond acceptors (Lipinski definition) is 3. The van der Waals surface area contributed by atoms with Gasteiger partial charge in [0.25, 0.3) is 5.69 Å². The molecular weight excluding hydrogens is 273 g/mol. The van der Waals surface area contributed by atoms with Gasteiger partial charge in [-0.25, -0.2) is 0 Å². The van der Waals surface area contributed by atoms with E-state index >= 15 is 0 Å². The molecule has 112 valence electrons. The van der Waals surface area contributed by atoms with Crippen LogP contribution in [0.25, 0.3) is 0 Å². The lowest BCUT2D eigenvalue weighted by atomic mass is 10.1. The minimum atomic E-state index is -4.73. The maximum absolute atomic E-state index is 12.7. The number of benzene rings is 1. The van der Waals surface area contributed by atoms with Crippen molar-refractivity contribution in [2.45, 2.75) is 38.8 Å². The Bertz CT molecular complexity index is 461.